The summed E-state index contributed by atoms with van der Waals surface area (Å²) < 4.78 is 0. The van der Waals surface area contributed by atoms with Gasteiger partial charge in [-0.3, -0.25) is 9.59 Å². The van der Waals surface area contributed by atoms with Gasteiger partial charge in [0.2, 0.25) is 5.91 Å². The van der Waals surface area contributed by atoms with Crippen molar-refractivity contribution < 1.29 is 9.59 Å². The number of aromatic nitrogens is 3. The molecule has 0 aromatic carbocycles. The SMILES string of the molecule is CCCN1CC(CNC(=O)c2n[nH]nc2C2CC2)CC1=O. The maximum atomic E-state index is 12.2. The zero-order valence-corrected chi connectivity index (χ0v) is 12.3. The van der Waals surface area contributed by atoms with Gasteiger partial charge in [-0.05, 0) is 19.3 Å². The van der Waals surface area contributed by atoms with Crippen molar-refractivity contribution >= 4 is 11.8 Å². The lowest BCUT2D eigenvalue weighted by Gasteiger charge is -2.15. The first-order valence-corrected chi connectivity index (χ1v) is 7.65. The van der Waals surface area contributed by atoms with E-state index in [1.807, 2.05) is 4.90 Å². The lowest BCUT2D eigenvalue weighted by Crippen LogP contribution is -2.32. The van der Waals surface area contributed by atoms with Crippen molar-refractivity contribution in [3.05, 3.63) is 11.4 Å². The van der Waals surface area contributed by atoms with Gasteiger partial charge < -0.3 is 10.2 Å². The van der Waals surface area contributed by atoms with Crippen molar-refractivity contribution in [2.24, 2.45) is 5.92 Å². The van der Waals surface area contributed by atoms with Crippen LogP contribution in [0.3, 0.4) is 0 Å². The number of rotatable bonds is 6. The fraction of sp³-hybridized carbons (Fsp3) is 0.714. The van der Waals surface area contributed by atoms with Gasteiger partial charge in [0.25, 0.3) is 5.91 Å². The van der Waals surface area contributed by atoms with E-state index in [0.717, 1.165) is 38.0 Å². The van der Waals surface area contributed by atoms with E-state index < -0.39 is 0 Å². The fourth-order valence-corrected chi connectivity index (χ4v) is 2.85. The van der Waals surface area contributed by atoms with E-state index in [-0.39, 0.29) is 17.7 Å². The Kier molecular flexibility index (Phi) is 3.90. The van der Waals surface area contributed by atoms with Crippen LogP contribution in [0, 0.1) is 5.92 Å². The van der Waals surface area contributed by atoms with Crippen molar-refractivity contribution in [3.8, 4) is 0 Å². The summed E-state index contributed by atoms with van der Waals surface area (Å²) in [5.74, 6) is 0.588. The van der Waals surface area contributed by atoms with Crippen molar-refractivity contribution in [2.75, 3.05) is 19.6 Å². The molecule has 1 aromatic heterocycles. The summed E-state index contributed by atoms with van der Waals surface area (Å²) in [6, 6.07) is 0. The Morgan fingerprint density at radius 3 is 2.95 bits per heavy atom. The van der Waals surface area contributed by atoms with E-state index in [1.54, 1.807) is 0 Å². The molecule has 1 saturated carbocycles. The third-order valence-electron chi connectivity index (χ3n) is 4.09. The van der Waals surface area contributed by atoms with Crippen LogP contribution in [0.4, 0.5) is 0 Å². The fourth-order valence-electron chi connectivity index (χ4n) is 2.85. The van der Waals surface area contributed by atoms with Gasteiger partial charge in [0.15, 0.2) is 5.69 Å². The summed E-state index contributed by atoms with van der Waals surface area (Å²) in [6.07, 6.45) is 3.65. The summed E-state index contributed by atoms with van der Waals surface area (Å²) in [5.41, 5.74) is 1.19. The van der Waals surface area contributed by atoms with E-state index >= 15 is 0 Å². The number of nitrogens with one attached hydrogen (secondary N) is 2. The van der Waals surface area contributed by atoms with Gasteiger partial charge in [-0.2, -0.15) is 15.4 Å². The largest absolute Gasteiger partial charge is 0.350 e. The number of aromatic amines is 1. The molecule has 1 atom stereocenters. The van der Waals surface area contributed by atoms with Crippen LogP contribution in [0.2, 0.25) is 0 Å². The molecule has 1 aliphatic carbocycles. The Bertz CT molecular complexity index is 537. The van der Waals surface area contributed by atoms with Crippen LogP contribution in [-0.4, -0.2) is 51.8 Å². The molecule has 21 heavy (non-hydrogen) atoms. The predicted octanol–water partition coefficient (Wildman–Crippen LogP) is 0.670. The Morgan fingerprint density at radius 2 is 2.24 bits per heavy atom. The minimum atomic E-state index is -0.188. The molecule has 2 N–H and O–H groups in total. The average molecular weight is 291 g/mol. The van der Waals surface area contributed by atoms with Crippen LogP contribution >= 0.6 is 0 Å². The second-order valence-corrected chi connectivity index (χ2v) is 5.95. The van der Waals surface area contributed by atoms with Gasteiger partial charge in [0, 0.05) is 37.9 Å². The average Bonchev–Trinajstić information content (AvgIpc) is 3.09. The maximum absolute atomic E-state index is 12.2. The third-order valence-corrected chi connectivity index (χ3v) is 4.09. The van der Waals surface area contributed by atoms with Gasteiger partial charge in [-0.25, -0.2) is 0 Å². The van der Waals surface area contributed by atoms with Crippen molar-refractivity contribution in [3.63, 3.8) is 0 Å². The minimum Gasteiger partial charge on any atom is -0.350 e. The molecule has 0 bridgehead atoms. The highest BCUT2D eigenvalue weighted by Gasteiger charge is 2.33. The Labute approximate surface area is 123 Å². The van der Waals surface area contributed by atoms with Gasteiger partial charge in [0.1, 0.15) is 0 Å². The number of amides is 2. The second kappa shape index (κ2) is 5.83. The van der Waals surface area contributed by atoms with Crippen LogP contribution in [0.5, 0.6) is 0 Å². The summed E-state index contributed by atoms with van der Waals surface area (Å²) in [4.78, 5) is 25.8. The standard InChI is InChI=1S/C14H21N5O2/c1-2-5-19-8-9(6-11(19)20)7-15-14(21)13-12(10-3-4-10)16-18-17-13/h9-10H,2-8H2,1H3,(H,15,21)(H,16,17,18). The highest BCUT2D eigenvalue weighted by atomic mass is 16.2. The zero-order valence-electron chi connectivity index (χ0n) is 12.3. The van der Waals surface area contributed by atoms with Crippen LogP contribution in [-0.2, 0) is 4.79 Å². The van der Waals surface area contributed by atoms with Gasteiger partial charge in [-0.15, -0.1) is 0 Å². The second-order valence-electron chi connectivity index (χ2n) is 5.95. The molecule has 1 aromatic rings. The van der Waals surface area contributed by atoms with Crippen LogP contribution in [0.1, 0.15) is 54.7 Å². The number of hydrogen-bond acceptors (Lipinski definition) is 4. The molecule has 0 radical (unpaired) electrons. The first-order chi connectivity index (χ1) is 10.2. The van der Waals surface area contributed by atoms with E-state index in [2.05, 4.69) is 27.7 Å². The van der Waals surface area contributed by atoms with Gasteiger partial charge in [-0.1, -0.05) is 6.92 Å². The molecule has 114 valence electrons. The van der Waals surface area contributed by atoms with Gasteiger partial charge >= 0.3 is 0 Å². The van der Waals surface area contributed by atoms with Crippen molar-refractivity contribution in [2.45, 2.75) is 38.5 Å². The zero-order chi connectivity index (χ0) is 14.8. The normalized spacial score (nSPS) is 21.9. The topological polar surface area (TPSA) is 91.0 Å². The van der Waals surface area contributed by atoms with Crippen LogP contribution in [0.25, 0.3) is 0 Å². The van der Waals surface area contributed by atoms with Crippen molar-refractivity contribution in [1.29, 1.82) is 0 Å². The number of H-pyrrole nitrogens is 1. The quantitative estimate of drug-likeness (QED) is 0.806. The Hall–Kier alpha value is -1.92. The highest BCUT2D eigenvalue weighted by molar-refractivity contribution is 5.93. The van der Waals surface area contributed by atoms with E-state index in [0.29, 0.717) is 24.6 Å². The number of nitrogens with zero attached hydrogens (tertiary/aromatic N) is 3. The monoisotopic (exact) mass is 291 g/mol. The molecule has 0 spiro atoms. The molecular weight excluding hydrogens is 270 g/mol. The molecule has 1 saturated heterocycles. The van der Waals surface area contributed by atoms with Gasteiger partial charge in [0.05, 0.1) is 5.69 Å². The molecule has 2 amide bonds. The third kappa shape index (κ3) is 3.06. The summed E-state index contributed by atoms with van der Waals surface area (Å²) in [6.45, 7) is 4.12. The summed E-state index contributed by atoms with van der Waals surface area (Å²) in [7, 11) is 0. The number of carbonyl (C=O) groups excluding carboxylic acids is 2. The predicted molar refractivity (Wildman–Crippen MR) is 75.7 cm³/mol. The number of likely N-dealkylation sites (tertiary alicyclic amines) is 1. The van der Waals surface area contributed by atoms with E-state index in [4.69, 9.17) is 0 Å². The molecule has 2 heterocycles. The van der Waals surface area contributed by atoms with E-state index in [1.165, 1.54) is 0 Å². The lowest BCUT2D eigenvalue weighted by atomic mass is 10.1. The number of hydrogen-bond donors (Lipinski definition) is 2. The molecular formula is C14H21N5O2. The van der Waals surface area contributed by atoms with E-state index in [9.17, 15) is 9.59 Å². The maximum Gasteiger partial charge on any atom is 0.273 e. The van der Waals surface area contributed by atoms with Crippen LogP contribution in [0.15, 0.2) is 0 Å². The summed E-state index contributed by atoms with van der Waals surface area (Å²) >= 11 is 0. The smallest absolute Gasteiger partial charge is 0.273 e. The first-order valence-electron chi connectivity index (χ1n) is 7.65. The Morgan fingerprint density at radius 1 is 1.43 bits per heavy atom. The number of carbonyl (C=O) groups is 2. The Balaban J connectivity index is 1.52. The molecule has 7 nitrogen and oxygen atoms in total. The molecule has 3 rings (SSSR count). The molecule has 2 aliphatic rings. The molecule has 1 unspecified atom stereocenters. The lowest BCUT2D eigenvalue weighted by molar-refractivity contribution is -0.127. The first kappa shape index (κ1) is 14.0. The minimum absolute atomic E-state index is 0.188. The van der Waals surface area contributed by atoms with Crippen molar-refractivity contribution in [1.82, 2.24) is 25.6 Å². The molecule has 2 fully saturated rings. The highest BCUT2D eigenvalue weighted by Crippen LogP contribution is 2.39. The van der Waals surface area contributed by atoms with Crippen LogP contribution < -0.4 is 5.32 Å². The molecule has 7 heteroatoms. The summed E-state index contributed by atoms with van der Waals surface area (Å²) in [5, 5.41) is 13.5. The molecule has 1 aliphatic heterocycles.